The van der Waals surface area contributed by atoms with Crippen LogP contribution in [0.4, 0.5) is 0 Å². The first kappa shape index (κ1) is 13.2. The zero-order chi connectivity index (χ0) is 12.4. The summed E-state index contributed by atoms with van der Waals surface area (Å²) in [7, 11) is 0. The third kappa shape index (κ3) is 2.29. The summed E-state index contributed by atoms with van der Waals surface area (Å²) in [5, 5.41) is 19.7. The number of hydrogen-bond acceptors (Lipinski definition) is 2. The van der Waals surface area contributed by atoms with E-state index in [0.717, 1.165) is 24.8 Å². The smallest absolute Gasteiger partial charge is 0.304 e. The van der Waals surface area contributed by atoms with Gasteiger partial charge in [0.1, 0.15) is 0 Å². The maximum Gasteiger partial charge on any atom is 0.304 e. The van der Waals surface area contributed by atoms with Crippen LogP contribution in [0.3, 0.4) is 0 Å². The maximum atomic E-state index is 11.0. The van der Waals surface area contributed by atoms with Crippen molar-refractivity contribution >= 4 is 5.97 Å². The number of aliphatic hydroxyl groups is 1. The minimum absolute atomic E-state index is 0.0428. The van der Waals surface area contributed by atoms with Crippen LogP contribution >= 0.6 is 0 Å². The summed E-state index contributed by atoms with van der Waals surface area (Å²) in [6.07, 6.45) is 4.39. The first-order valence-corrected chi connectivity index (χ1v) is 5.92. The van der Waals surface area contributed by atoms with E-state index < -0.39 is 17.0 Å². The zero-order valence-corrected chi connectivity index (χ0v) is 10.3. The van der Waals surface area contributed by atoms with Gasteiger partial charge in [-0.25, -0.2) is 0 Å². The van der Waals surface area contributed by atoms with Crippen molar-refractivity contribution < 1.29 is 15.0 Å². The van der Waals surface area contributed by atoms with Crippen molar-refractivity contribution in [2.75, 3.05) is 0 Å². The molecule has 0 spiro atoms. The van der Waals surface area contributed by atoms with E-state index in [-0.39, 0.29) is 6.42 Å². The van der Waals surface area contributed by atoms with Crippen LogP contribution in [0, 0.1) is 5.41 Å². The van der Waals surface area contributed by atoms with Gasteiger partial charge in [-0.05, 0) is 19.8 Å². The van der Waals surface area contributed by atoms with Gasteiger partial charge in [0.2, 0.25) is 0 Å². The topological polar surface area (TPSA) is 57.5 Å². The van der Waals surface area contributed by atoms with Gasteiger partial charge in [0.25, 0.3) is 0 Å². The van der Waals surface area contributed by atoms with Gasteiger partial charge in [0.15, 0.2) is 0 Å². The minimum atomic E-state index is -0.893. The summed E-state index contributed by atoms with van der Waals surface area (Å²) in [5.74, 6) is -0.871. The summed E-state index contributed by atoms with van der Waals surface area (Å²) < 4.78 is 0. The summed E-state index contributed by atoms with van der Waals surface area (Å²) in [4.78, 5) is 11.0. The molecule has 1 unspecified atom stereocenters. The standard InChI is InChI=1S/C13H22O3/c1-10(2)12(3,9-11(14)15)13(16)7-5-4-6-8-13/h16H,1,4-9H2,2-3H3,(H,14,15). The Hall–Kier alpha value is -0.830. The van der Waals surface area contributed by atoms with Crippen molar-refractivity contribution in [1.29, 1.82) is 0 Å². The Kier molecular flexibility index (Phi) is 3.79. The molecule has 3 nitrogen and oxygen atoms in total. The van der Waals surface area contributed by atoms with Crippen LogP contribution in [0.1, 0.15) is 52.4 Å². The van der Waals surface area contributed by atoms with Crippen LogP contribution in [-0.4, -0.2) is 21.8 Å². The average molecular weight is 226 g/mol. The van der Waals surface area contributed by atoms with E-state index in [1.165, 1.54) is 0 Å². The lowest BCUT2D eigenvalue weighted by Gasteiger charge is -2.47. The molecule has 0 aromatic heterocycles. The van der Waals surface area contributed by atoms with Gasteiger partial charge >= 0.3 is 5.97 Å². The predicted octanol–water partition coefficient (Wildman–Crippen LogP) is 2.74. The molecule has 92 valence electrons. The summed E-state index contributed by atoms with van der Waals surface area (Å²) in [6, 6.07) is 0. The Morgan fingerprint density at radius 1 is 1.38 bits per heavy atom. The van der Waals surface area contributed by atoms with E-state index in [0.29, 0.717) is 12.8 Å². The Morgan fingerprint density at radius 2 is 1.88 bits per heavy atom. The molecule has 16 heavy (non-hydrogen) atoms. The van der Waals surface area contributed by atoms with Gasteiger partial charge in [-0.2, -0.15) is 0 Å². The molecule has 3 heteroatoms. The Morgan fingerprint density at radius 3 is 2.25 bits per heavy atom. The number of aliphatic carboxylic acids is 1. The average Bonchev–Trinajstić information content (AvgIpc) is 2.17. The first-order valence-electron chi connectivity index (χ1n) is 5.92. The molecule has 1 rings (SSSR count). The van der Waals surface area contributed by atoms with Crippen molar-refractivity contribution in [2.24, 2.45) is 5.41 Å². The molecule has 1 aliphatic carbocycles. The van der Waals surface area contributed by atoms with Crippen LogP contribution in [0.5, 0.6) is 0 Å². The molecule has 0 heterocycles. The number of carboxylic acids is 1. The quantitative estimate of drug-likeness (QED) is 0.725. The van der Waals surface area contributed by atoms with E-state index >= 15 is 0 Å². The van der Waals surface area contributed by atoms with Crippen LogP contribution in [0.25, 0.3) is 0 Å². The van der Waals surface area contributed by atoms with E-state index in [2.05, 4.69) is 6.58 Å². The van der Waals surface area contributed by atoms with Gasteiger partial charge in [-0.3, -0.25) is 4.79 Å². The third-order valence-corrected chi connectivity index (χ3v) is 4.15. The molecule has 0 aromatic carbocycles. The van der Waals surface area contributed by atoms with Gasteiger partial charge in [-0.1, -0.05) is 38.3 Å². The van der Waals surface area contributed by atoms with Crippen molar-refractivity contribution in [3.8, 4) is 0 Å². The predicted molar refractivity (Wildman–Crippen MR) is 63.2 cm³/mol. The molecule has 1 atom stereocenters. The SMILES string of the molecule is C=C(C)C(C)(CC(=O)O)C1(O)CCCCC1. The van der Waals surface area contributed by atoms with Crippen molar-refractivity contribution in [1.82, 2.24) is 0 Å². The molecule has 0 aromatic rings. The summed E-state index contributed by atoms with van der Waals surface area (Å²) in [6.45, 7) is 7.52. The van der Waals surface area contributed by atoms with E-state index in [9.17, 15) is 9.90 Å². The Balaban J connectivity index is 2.99. The highest BCUT2D eigenvalue weighted by atomic mass is 16.4. The fourth-order valence-corrected chi connectivity index (χ4v) is 2.70. The molecule has 1 fully saturated rings. The molecule has 1 saturated carbocycles. The van der Waals surface area contributed by atoms with Gasteiger partial charge in [0.05, 0.1) is 12.0 Å². The molecular weight excluding hydrogens is 204 g/mol. The molecule has 0 radical (unpaired) electrons. The second-order valence-electron chi connectivity index (χ2n) is 5.28. The highest BCUT2D eigenvalue weighted by molar-refractivity contribution is 5.68. The summed E-state index contributed by atoms with van der Waals surface area (Å²) >= 11 is 0. The second kappa shape index (κ2) is 4.58. The van der Waals surface area contributed by atoms with E-state index in [4.69, 9.17) is 5.11 Å². The lowest BCUT2D eigenvalue weighted by molar-refractivity contribution is -0.147. The largest absolute Gasteiger partial charge is 0.481 e. The summed E-state index contributed by atoms with van der Waals surface area (Å²) in [5.41, 5.74) is -0.839. The number of rotatable bonds is 4. The molecule has 2 N–H and O–H groups in total. The van der Waals surface area contributed by atoms with Crippen LogP contribution in [-0.2, 0) is 4.79 Å². The molecule has 0 aliphatic heterocycles. The van der Waals surface area contributed by atoms with Gasteiger partial charge in [-0.15, -0.1) is 0 Å². The molecule has 0 saturated heterocycles. The van der Waals surface area contributed by atoms with Crippen molar-refractivity contribution in [3.63, 3.8) is 0 Å². The van der Waals surface area contributed by atoms with Crippen LogP contribution < -0.4 is 0 Å². The Bertz CT molecular complexity index is 290. The minimum Gasteiger partial charge on any atom is -0.481 e. The molecular formula is C13H22O3. The lowest BCUT2D eigenvalue weighted by Crippen LogP contribution is -2.49. The van der Waals surface area contributed by atoms with Gasteiger partial charge < -0.3 is 10.2 Å². The molecule has 1 aliphatic rings. The highest BCUT2D eigenvalue weighted by Gasteiger charge is 2.48. The van der Waals surface area contributed by atoms with Crippen molar-refractivity contribution in [3.05, 3.63) is 12.2 Å². The van der Waals surface area contributed by atoms with E-state index in [1.807, 2.05) is 13.8 Å². The monoisotopic (exact) mass is 226 g/mol. The molecule has 0 amide bonds. The van der Waals surface area contributed by atoms with Gasteiger partial charge in [0, 0.05) is 5.41 Å². The maximum absolute atomic E-state index is 11.0. The first-order chi connectivity index (χ1) is 7.32. The zero-order valence-electron chi connectivity index (χ0n) is 10.3. The Labute approximate surface area is 97.2 Å². The number of carboxylic acid groups (broad SMARTS) is 1. The third-order valence-electron chi connectivity index (χ3n) is 4.15. The van der Waals surface area contributed by atoms with E-state index in [1.54, 1.807) is 0 Å². The lowest BCUT2D eigenvalue weighted by atomic mass is 9.61. The number of carbonyl (C=O) groups is 1. The highest BCUT2D eigenvalue weighted by Crippen LogP contribution is 2.48. The molecule has 0 bridgehead atoms. The fraction of sp³-hybridized carbons (Fsp3) is 0.769. The second-order valence-corrected chi connectivity index (χ2v) is 5.28. The van der Waals surface area contributed by atoms with Crippen molar-refractivity contribution in [2.45, 2.75) is 58.0 Å². The normalized spacial score (nSPS) is 23.4. The van der Waals surface area contributed by atoms with Crippen LogP contribution in [0.2, 0.25) is 0 Å². The fourth-order valence-electron chi connectivity index (χ4n) is 2.70. The number of hydrogen-bond donors (Lipinski definition) is 2. The van der Waals surface area contributed by atoms with Crippen LogP contribution in [0.15, 0.2) is 12.2 Å².